The van der Waals surface area contributed by atoms with Crippen molar-refractivity contribution < 1.29 is 19.4 Å². The molecule has 3 atom stereocenters. The second-order valence-electron chi connectivity index (χ2n) is 9.17. The highest BCUT2D eigenvalue weighted by molar-refractivity contribution is 5.88. The van der Waals surface area contributed by atoms with Crippen LogP contribution in [0.5, 0.6) is 5.75 Å². The lowest BCUT2D eigenvalue weighted by Crippen LogP contribution is -2.52. The van der Waals surface area contributed by atoms with Crippen molar-refractivity contribution in [1.82, 2.24) is 9.88 Å². The summed E-state index contributed by atoms with van der Waals surface area (Å²) in [5.74, 6) is 0.0205. The maximum atomic E-state index is 11.4. The minimum absolute atomic E-state index is 0.181. The molecule has 0 amide bonds. The highest BCUT2D eigenvalue weighted by Crippen LogP contribution is 2.52. The Hall–Kier alpha value is -2.83. The number of aromatic carboxylic acids is 1. The highest BCUT2D eigenvalue weighted by Gasteiger charge is 2.52. The van der Waals surface area contributed by atoms with Gasteiger partial charge in [-0.25, -0.2) is 4.79 Å². The molecule has 2 aliphatic rings. The Morgan fingerprint density at radius 1 is 1.25 bits per heavy atom. The number of carboxylic acids is 1. The maximum Gasteiger partial charge on any atom is 0.335 e. The Morgan fingerprint density at radius 3 is 2.72 bits per heavy atom. The van der Waals surface area contributed by atoms with Gasteiger partial charge in [-0.1, -0.05) is 12.1 Å². The van der Waals surface area contributed by atoms with E-state index in [0.29, 0.717) is 11.6 Å². The molecule has 2 N–H and O–H groups in total. The Kier molecular flexibility index (Phi) is 5.22. The normalized spacial score (nSPS) is 25.3. The first-order valence-corrected chi connectivity index (χ1v) is 11.2. The maximum absolute atomic E-state index is 11.4. The van der Waals surface area contributed by atoms with Crippen molar-refractivity contribution in [2.24, 2.45) is 0 Å². The second kappa shape index (κ2) is 7.94. The van der Waals surface area contributed by atoms with Crippen LogP contribution in [0.1, 0.15) is 52.7 Å². The average Bonchev–Trinajstić information content (AvgIpc) is 3.37. The van der Waals surface area contributed by atoms with Gasteiger partial charge in [-0.05, 0) is 68.0 Å². The van der Waals surface area contributed by atoms with Gasteiger partial charge in [0, 0.05) is 47.9 Å². The van der Waals surface area contributed by atoms with Crippen LogP contribution in [-0.4, -0.2) is 47.3 Å². The van der Waals surface area contributed by atoms with Gasteiger partial charge in [0.15, 0.2) is 0 Å². The number of aromatic amines is 1. The predicted octanol–water partition coefficient (Wildman–Crippen LogP) is 4.85. The van der Waals surface area contributed by atoms with E-state index in [9.17, 15) is 9.90 Å². The van der Waals surface area contributed by atoms with Crippen molar-refractivity contribution in [3.8, 4) is 5.75 Å². The van der Waals surface area contributed by atoms with Gasteiger partial charge in [-0.15, -0.1) is 0 Å². The van der Waals surface area contributed by atoms with Gasteiger partial charge in [0.2, 0.25) is 0 Å². The number of piperidine rings is 1. The molecule has 1 aromatic heterocycles. The summed E-state index contributed by atoms with van der Waals surface area (Å²) in [5, 5.41) is 10.6. The number of methoxy groups -OCH3 is 2. The molecule has 2 aromatic carbocycles. The lowest BCUT2D eigenvalue weighted by atomic mass is 9.79. The van der Waals surface area contributed by atoms with Crippen molar-refractivity contribution >= 4 is 16.9 Å². The number of benzene rings is 2. The molecule has 2 aliphatic heterocycles. The largest absolute Gasteiger partial charge is 0.496 e. The molecule has 0 saturated carbocycles. The Morgan fingerprint density at radius 2 is 2.03 bits per heavy atom. The van der Waals surface area contributed by atoms with E-state index in [1.165, 1.54) is 22.1 Å². The molecule has 0 aliphatic carbocycles. The lowest BCUT2D eigenvalue weighted by molar-refractivity contribution is -0.0460. The Labute approximate surface area is 188 Å². The molecule has 0 spiro atoms. The third-order valence-corrected chi connectivity index (χ3v) is 7.64. The summed E-state index contributed by atoms with van der Waals surface area (Å²) >= 11 is 0. The van der Waals surface area contributed by atoms with Gasteiger partial charge in [-0.2, -0.15) is 0 Å². The number of hydrogen-bond acceptors (Lipinski definition) is 4. The van der Waals surface area contributed by atoms with Gasteiger partial charge in [-0.3, -0.25) is 4.90 Å². The number of carboxylic acid groups (broad SMARTS) is 1. The van der Waals surface area contributed by atoms with Gasteiger partial charge < -0.3 is 19.6 Å². The minimum Gasteiger partial charge on any atom is -0.496 e. The number of H-pyrrole nitrogens is 1. The molecule has 6 heteroatoms. The fraction of sp³-hybridized carbons (Fsp3) is 0.423. The van der Waals surface area contributed by atoms with E-state index in [1.807, 2.05) is 18.3 Å². The SMILES string of the molecule is COc1cc(C)c2[nH]ccc2c1CN1[C@H]2CCC1(c1ccc(C(=O)O)cc1)C[C@H](OC)C2. The Bertz CT molecular complexity index is 1150. The van der Waals surface area contributed by atoms with Gasteiger partial charge in [0.05, 0.1) is 18.8 Å². The predicted molar refractivity (Wildman–Crippen MR) is 123 cm³/mol. The lowest BCUT2D eigenvalue weighted by Gasteiger charge is -2.48. The molecule has 32 heavy (non-hydrogen) atoms. The Balaban J connectivity index is 1.60. The summed E-state index contributed by atoms with van der Waals surface area (Å²) in [6.45, 7) is 2.88. The van der Waals surface area contributed by atoms with Crippen LogP contribution in [-0.2, 0) is 16.8 Å². The number of rotatable bonds is 6. The van der Waals surface area contributed by atoms with Crippen LogP contribution in [0, 0.1) is 6.92 Å². The molecule has 5 rings (SSSR count). The number of hydrogen-bond donors (Lipinski definition) is 2. The monoisotopic (exact) mass is 434 g/mol. The number of carbonyl (C=O) groups is 1. The molecule has 2 bridgehead atoms. The molecule has 1 unspecified atom stereocenters. The van der Waals surface area contributed by atoms with E-state index in [-0.39, 0.29) is 11.6 Å². The van der Waals surface area contributed by atoms with Crippen LogP contribution in [0.15, 0.2) is 42.6 Å². The fourth-order valence-electron chi connectivity index (χ4n) is 6.04. The van der Waals surface area contributed by atoms with E-state index in [0.717, 1.165) is 43.5 Å². The van der Waals surface area contributed by atoms with Gasteiger partial charge >= 0.3 is 5.97 Å². The van der Waals surface area contributed by atoms with Gasteiger partial charge in [0.25, 0.3) is 0 Å². The standard InChI is InChI=1S/C26H30N2O4/c1-16-12-23(32-3)22(21-9-11-27-24(16)21)15-28-19-8-10-26(28,14-20(13-19)31-2)18-6-4-17(5-7-18)25(29)30/h4-7,9,11-12,19-20,27H,8,10,13-15H2,1-3H3,(H,29,30)/t19-,20+,26?/m0/s1. The smallest absolute Gasteiger partial charge is 0.335 e. The number of aromatic nitrogens is 1. The number of aryl methyl sites for hydroxylation is 1. The number of nitrogens with zero attached hydrogens (tertiary/aromatic N) is 1. The highest BCUT2D eigenvalue weighted by atomic mass is 16.5. The van der Waals surface area contributed by atoms with E-state index in [1.54, 1.807) is 26.4 Å². The zero-order valence-electron chi connectivity index (χ0n) is 18.9. The van der Waals surface area contributed by atoms with Crippen LogP contribution in [0.2, 0.25) is 0 Å². The average molecular weight is 435 g/mol. The molecule has 6 nitrogen and oxygen atoms in total. The second-order valence-corrected chi connectivity index (χ2v) is 9.17. The van der Waals surface area contributed by atoms with Crippen LogP contribution >= 0.6 is 0 Å². The summed E-state index contributed by atoms with van der Waals surface area (Å²) in [7, 11) is 3.54. The molecule has 3 heterocycles. The first kappa shape index (κ1) is 21.0. The minimum atomic E-state index is -0.896. The fourth-order valence-corrected chi connectivity index (χ4v) is 6.04. The van der Waals surface area contributed by atoms with Crippen LogP contribution in [0.25, 0.3) is 10.9 Å². The third-order valence-electron chi connectivity index (χ3n) is 7.64. The van der Waals surface area contributed by atoms with Crippen molar-refractivity contribution in [2.45, 2.75) is 56.8 Å². The van der Waals surface area contributed by atoms with Crippen molar-refractivity contribution in [3.63, 3.8) is 0 Å². The van der Waals surface area contributed by atoms with Crippen LogP contribution in [0.4, 0.5) is 0 Å². The molecule has 0 radical (unpaired) electrons. The van der Waals surface area contributed by atoms with Crippen molar-refractivity contribution in [1.29, 1.82) is 0 Å². The molecular weight excluding hydrogens is 404 g/mol. The molecule has 2 saturated heterocycles. The van der Waals surface area contributed by atoms with E-state index in [2.05, 4.69) is 28.9 Å². The van der Waals surface area contributed by atoms with Crippen LogP contribution in [0.3, 0.4) is 0 Å². The number of nitrogens with one attached hydrogen (secondary N) is 1. The van der Waals surface area contributed by atoms with Crippen LogP contribution < -0.4 is 4.74 Å². The topological polar surface area (TPSA) is 74.8 Å². The first-order chi connectivity index (χ1) is 15.5. The summed E-state index contributed by atoms with van der Waals surface area (Å²) < 4.78 is 11.7. The summed E-state index contributed by atoms with van der Waals surface area (Å²) in [5.41, 5.74) is 4.83. The summed E-state index contributed by atoms with van der Waals surface area (Å²) in [6, 6.07) is 12.1. The molecule has 3 aromatic rings. The van der Waals surface area contributed by atoms with Crippen molar-refractivity contribution in [2.75, 3.05) is 14.2 Å². The van der Waals surface area contributed by atoms with E-state index >= 15 is 0 Å². The molecular formula is C26H30N2O4. The first-order valence-electron chi connectivity index (χ1n) is 11.2. The zero-order chi connectivity index (χ0) is 22.5. The molecule has 168 valence electrons. The summed E-state index contributed by atoms with van der Waals surface area (Å²) in [4.78, 5) is 17.4. The van der Waals surface area contributed by atoms with E-state index < -0.39 is 5.97 Å². The quantitative estimate of drug-likeness (QED) is 0.580. The number of fused-ring (bicyclic) bond motifs is 3. The van der Waals surface area contributed by atoms with E-state index in [4.69, 9.17) is 9.47 Å². The molecule has 2 fully saturated rings. The van der Waals surface area contributed by atoms with Gasteiger partial charge in [0.1, 0.15) is 5.75 Å². The number of ether oxygens (including phenoxy) is 2. The third kappa shape index (κ3) is 3.21. The summed E-state index contributed by atoms with van der Waals surface area (Å²) in [6.07, 6.45) is 6.24. The van der Waals surface area contributed by atoms with Crippen molar-refractivity contribution in [3.05, 3.63) is 64.8 Å². The zero-order valence-corrected chi connectivity index (χ0v) is 18.9.